The van der Waals surface area contributed by atoms with E-state index in [1.807, 2.05) is 35.0 Å². The van der Waals surface area contributed by atoms with Gasteiger partial charge in [0.25, 0.3) is 0 Å². The number of benzene rings is 1. The van der Waals surface area contributed by atoms with Gasteiger partial charge in [-0.2, -0.15) is 5.26 Å². The van der Waals surface area contributed by atoms with Crippen LogP contribution in [0.25, 0.3) is 10.9 Å². The van der Waals surface area contributed by atoms with Gasteiger partial charge in [0.05, 0.1) is 11.6 Å². The van der Waals surface area contributed by atoms with Gasteiger partial charge in [-0.05, 0) is 55.2 Å². The first kappa shape index (κ1) is 19.8. The smallest absolute Gasteiger partial charge is 0.244 e. The SMILES string of the molecule is N#C[C@H](C[C@@H]1CCCNC1=O)NC(=O)[C@H](CC1CC1)n1ccc2ccc(Cl)cc21. The molecular formula is C22H25ClN4O2. The summed E-state index contributed by atoms with van der Waals surface area (Å²) in [5.41, 5.74) is 0.915. The van der Waals surface area contributed by atoms with Crippen LogP contribution in [0, 0.1) is 23.2 Å². The molecule has 1 saturated carbocycles. The Morgan fingerprint density at radius 2 is 2.14 bits per heavy atom. The molecule has 0 spiro atoms. The number of carbonyl (C=O) groups is 2. The number of carbonyl (C=O) groups excluding carboxylic acids is 2. The Balaban J connectivity index is 1.53. The van der Waals surface area contributed by atoms with Crippen molar-refractivity contribution in [1.82, 2.24) is 15.2 Å². The second kappa shape index (κ2) is 8.46. The number of hydrogen-bond donors (Lipinski definition) is 2. The average Bonchev–Trinajstić information content (AvgIpc) is 3.45. The van der Waals surface area contributed by atoms with E-state index in [1.165, 1.54) is 0 Å². The predicted octanol–water partition coefficient (Wildman–Crippen LogP) is 3.56. The maximum absolute atomic E-state index is 13.2. The number of hydrogen-bond acceptors (Lipinski definition) is 3. The van der Waals surface area contributed by atoms with Gasteiger partial charge in [-0.15, -0.1) is 0 Å². The lowest BCUT2D eigenvalue weighted by Gasteiger charge is -2.25. The first-order valence-corrected chi connectivity index (χ1v) is 10.7. The van der Waals surface area contributed by atoms with Crippen molar-refractivity contribution in [2.24, 2.45) is 11.8 Å². The monoisotopic (exact) mass is 412 g/mol. The molecule has 1 aliphatic carbocycles. The normalized spacial score (nSPS) is 21.2. The zero-order chi connectivity index (χ0) is 20.4. The van der Waals surface area contributed by atoms with Crippen LogP contribution in [0.2, 0.25) is 5.02 Å². The molecule has 29 heavy (non-hydrogen) atoms. The third-order valence-electron chi connectivity index (χ3n) is 5.97. The molecule has 2 aromatic rings. The Hall–Kier alpha value is -2.52. The highest BCUT2D eigenvalue weighted by Gasteiger charge is 2.33. The third kappa shape index (κ3) is 4.56. The quantitative estimate of drug-likeness (QED) is 0.728. The lowest BCUT2D eigenvalue weighted by molar-refractivity contribution is -0.128. The second-order valence-electron chi connectivity index (χ2n) is 8.18. The van der Waals surface area contributed by atoms with Crippen molar-refractivity contribution in [2.75, 3.05) is 6.54 Å². The largest absolute Gasteiger partial charge is 0.356 e. The minimum Gasteiger partial charge on any atom is -0.356 e. The molecule has 1 aromatic carbocycles. The number of fused-ring (bicyclic) bond motifs is 1. The molecule has 0 bridgehead atoms. The van der Waals surface area contributed by atoms with Crippen molar-refractivity contribution >= 4 is 34.3 Å². The summed E-state index contributed by atoms with van der Waals surface area (Å²) in [6.45, 7) is 0.686. The summed E-state index contributed by atoms with van der Waals surface area (Å²) in [7, 11) is 0. The Kier molecular flexibility index (Phi) is 5.77. The van der Waals surface area contributed by atoms with E-state index < -0.39 is 12.1 Å². The van der Waals surface area contributed by atoms with Gasteiger partial charge in [0, 0.05) is 23.7 Å². The second-order valence-corrected chi connectivity index (χ2v) is 8.61. The number of nitriles is 1. The van der Waals surface area contributed by atoms with Crippen LogP contribution in [0.1, 0.15) is 44.6 Å². The Bertz CT molecular complexity index is 959. The van der Waals surface area contributed by atoms with Crippen LogP contribution in [0.15, 0.2) is 30.5 Å². The van der Waals surface area contributed by atoms with Crippen molar-refractivity contribution in [3.8, 4) is 6.07 Å². The minimum absolute atomic E-state index is 0.0219. The molecule has 2 aliphatic rings. The van der Waals surface area contributed by atoms with Crippen LogP contribution in [0.4, 0.5) is 0 Å². The molecule has 4 rings (SSSR count). The van der Waals surface area contributed by atoms with E-state index in [0.29, 0.717) is 23.9 Å². The first-order valence-electron chi connectivity index (χ1n) is 10.3. The maximum atomic E-state index is 13.2. The number of nitrogens with zero attached hydrogens (tertiary/aromatic N) is 2. The van der Waals surface area contributed by atoms with E-state index in [-0.39, 0.29) is 17.7 Å². The summed E-state index contributed by atoms with van der Waals surface area (Å²) in [6, 6.07) is 8.74. The van der Waals surface area contributed by atoms with Gasteiger partial charge >= 0.3 is 0 Å². The van der Waals surface area contributed by atoms with Gasteiger partial charge in [0.15, 0.2) is 0 Å². The van der Waals surface area contributed by atoms with Crippen molar-refractivity contribution in [1.29, 1.82) is 5.26 Å². The van der Waals surface area contributed by atoms with Gasteiger partial charge in [0.1, 0.15) is 12.1 Å². The zero-order valence-electron chi connectivity index (χ0n) is 16.2. The summed E-state index contributed by atoms with van der Waals surface area (Å²) >= 11 is 6.18. The fourth-order valence-corrected chi connectivity index (χ4v) is 4.33. The van der Waals surface area contributed by atoms with E-state index in [0.717, 1.165) is 43.0 Å². The van der Waals surface area contributed by atoms with Crippen molar-refractivity contribution < 1.29 is 9.59 Å². The molecule has 0 unspecified atom stereocenters. The van der Waals surface area contributed by atoms with Gasteiger partial charge < -0.3 is 15.2 Å². The Morgan fingerprint density at radius 3 is 2.86 bits per heavy atom. The van der Waals surface area contributed by atoms with Crippen molar-refractivity contribution in [3.05, 3.63) is 35.5 Å². The maximum Gasteiger partial charge on any atom is 0.244 e. The van der Waals surface area contributed by atoms with E-state index in [4.69, 9.17) is 11.6 Å². The highest BCUT2D eigenvalue weighted by Crippen LogP contribution is 2.38. The van der Waals surface area contributed by atoms with Crippen LogP contribution in [-0.2, 0) is 9.59 Å². The third-order valence-corrected chi connectivity index (χ3v) is 6.20. The van der Waals surface area contributed by atoms with Crippen LogP contribution < -0.4 is 10.6 Å². The lowest BCUT2D eigenvalue weighted by atomic mass is 9.92. The minimum atomic E-state index is -0.677. The summed E-state index contributed by atoms with van der Waals surface area (Å²) in [6.07, 6.45) is 6.94. The zero-order valence-corrected chi connectivity index (χ0v) is 17.0. The van der Waals surface area contributed by atoms with E-state index >= 15 is 0 Å². The number of aromatic nitrogens is 1. The molecule has 2 fully saturated rings. The number of nitrogens with one attached hydrogen (secondary N) is 2. The fraction of sp³-hybridized carbons (Fsp3) is 0.500. The number of amides is 2. The van der Waals surface area contributed by atoms with Crippen LogP contribution >= 0.6 is 11.6 Å². The Morgan fingerprint density at radius 1 is 1.31 bits per heavy atom. The molecule has 6 nitrogen and oxygen atoms in total. The Labute approximate surface area is 175 Å². The van der Waals surface area contributed by atoms with Gasteiger partial charge in [0.2, 0.25) is 11.8 Å². The van der Waals surface area contributed by atoms with Crippen LogP contribution in [0.3, 0.4) is 0 Å². The van der Waals surface area contributed by atoms with E-state index in [2.05, 4.69) is 16.7 Å². The molecule has 7 heteroatoms. The number of rotatable bonds is 7. The predicted molar refractivity (Wildman–Crippen MR) is 111 cm³/mol. The lowest BCUT2D eigenvalue weighted by Crippen LogP contribution is -2.43. The molecule has 1 aliphatic heterocycles. The summed E-state index contributed by atoms with van der Waals surface area (Å²) in [5, 5.41) is 17.0. The highest BCUT2D eigenvalue weighted by molar-refractivity contribution is 6.31. The van der Waals surface area contributed by atoms with Crippen molar-refractivity contribution in [3.63, 3.8) is 0 Å². The summed E-state index contributed by atoms with van der Waals surface area (Å²) in [4.78, 5) is 25.2. The molecule has 1 saturated heterocycles. The highest BCUT2D eigenvalue weighted by atomic mass is 35.5. The molecule has 2 heterocycles. The van der Waals surface area contributed by atoms with E-state index in [9.17, 15) is 14.9 Å². The van der Waals surface area contributed by atoms with Gasteiger partial charge in [-0.1, -0.05) is 30.5 Å². The molecule has 0 radical (unpaired) electrons. The molecule has 2 amide bonds. The van der Waals surface area contributed by atoms with Gasteiger partial charge in [-0.25, -0.2) is 0 Å². The summed E-state index contributed by atoms with van der Waals surface area (Å²) in [5.74, 6) is 0.123. The average molecular weight is 413 g/mol. The van der Waals surface area contributed by atoms with Crippen LogP contribution in [0.5, 0.6) is 0 Å². The molecule has 3 atom stereocenters. The van der Waals surface area contributed by atoms with Gasteiger partial charge in [-0.3, -0.25) is 9.59 Å². The molecular weight excluding hydrogens is 388 g/mol. The first-order chi connectivity index (χ1) is 14.0. The van der Waals surface area contributed by atoms with Crippen LogP contribution in [-0.4, -0.2) is 29.0 Å². The number of piperidine rings is 1. The molecule has 152 valence electrons. The topological polar surface area (TPSA) is 86.9 Å². The molecule has 2 N–H and O–H groups in total. The van der Waals surface area contributed by atoms with E-state index in [1.54, 1.807) is 0 Å². The van der Waals surface area contributed by atoms with Crippen molar-refractivity contribution in [2.45, 2.75) is 50.6 Å². The summed E-state index contributed by atoms with van der Waals surface area (Å²) < 4.78 is 1.97. The molecule has 1 aromatic heterocycles. The standard InChI is InChI=1S/C22H25ClN4O2/c23-17-6-5-15-7-9-27(19(15)12-17)20(10-14-3-4-14)22(29)26-18(13-24)11-16-2-1-8-25-21(16)28/h5-7,9,12,14,16,18,20H,1-4,8,10-11H2,(H,25,28)(H,26,29)/t16-,18-,20-/m0/s1. The number of halogens is 1. The fourth-order valence-electron chi connectivity index (χ4n) is 4.17.